The van der Waals surface area contributed by atoms with E-state index < -0.39 is 5.97 Å². The Morgan fingerprint density at radius 2 is 2.13 bits per heavy atom. The zero-order valence-corrected chi connectivity index (χ0v) is 8.86. The molecule has 1 aliphatic carbocycles. The quantitative estimate of drug-likeness (QED) is 0.628. The monoisotopic (exact) mass is 215 g/mol. The number of ether oxygens (including phenoxy) is 1. The first-order chi connectivity index (χ1) is 7.13. The van der Waals surface area contributed by atoms with Gasteiger partial charge in [0.25, 0.3) is 0 Å². The number of aliphatic carboxylic acids is 1. The van der Waals surface area contributed by atoms with Crippen molar-refractivity contribution >= 4 is 11.9 Å². The first-order valence-corrected chi connectivity index (χ1v) is 5.23. The van der Waals surface area contributed by atoms with Crippen LogP contribution >= 0.6 is 0 Å². The molecule has 0 aromatic heterocycles. The van der Waals surface area contributed by atoms with Crippen LogP contribution in [0.25, 0.3) is 0 Å². The van der Waals surface area contributed by atoms with Gasteiger partial charge in [-0.1, -0.05) is 0 Å². The highest BCUT2D eigenvalue weighted by Gasteiger charge is 2.34. The first kappa shape index (κ1) is 12.0. The summed E-state index contributed by atoms with van der Waals surface area (Å²) in [6.45, 7) is 2.91. The second kappa shape index (κ2) is 5.70. The molecule has 0 heterocycles. The molecule has 5 heteroatoms. The number of carbonyl (C=O) groups excluding carboxylic acids is 1. The molecule has 0 atom stereocenters. The summed E-state index contributed by atoms with van der Waals surface area (Å²) >= 11 is 0. The molecule has 0 radical (unpaired) electrons. The highest BCUT2D eigenvalue weighted by molar-refractivity contribution is 5.77. The minimum atomic E-state index is -0.769. The normalized spacial score (nSPS) is 24.3. The van der Waals surface area contributed by atoms with E-state index in [2.05, 4.69) is 5.32 Å². The second-order valence-electron chi connectivity index (χ2n) is 3.72. The van der Waals surface area contributed by atoms with Gasteiger partial charge in [0.2, 0.25) is 5.91 Å². The molecule has 0 spiro atoms. The zero-order chi connectivity index (χ0) is 11.3. The molecule has 0 aromatic carbocycles. The van der Waals surface area contributed by atoms with Crippen molar-refractivity contribution in [2.45, 2.75) is 32.2 Å². The van der Waals surface area contributed by atoms with Crippen molar-refractivity contribution in [3.63, 3.8) is 0 Å². The number of carboxylic acids is 1. The van der Waals surface area contributed by atoms with Crippen LogP contribution in [0.4, 0.5) is 0 Å². The molecule has 2 N–H and O–H groups in total. The van der Waals surface area contributed by atoms with E-state index >= 15 is 0 Å². The van der Waals surface area contributed by atoms with E-state index in [1.807, 2.05) is 6.92 Å². The lowest BCUT2D eigenvalue weighted by atomic mass is 9.80. The van der Waals surface area contributed by atoms with Gasteiger partial charge in [-0.25, -0.2) is 0 Å². The smallest absolute Gasteiger partial charge is 0.306 e. The van der Waals surface area contributed by atoms with Crippen LogP contribution in [0.3, 0.4) is 0 Å². The maximum atomic E-state index is 11.3. The average Bonchev–Trinajstić information content (AvgIpc) is 2.10. The molecule has 0 aromatic rings. The lowest BCUT2D eigenvalue weighted by Crippen LogP contribution is -2.46. The summed E-state index contributed by atoms with van der Waals surface area (Å²) in [5.74, 6) is -1.10. The highest BCUT2D eigenvalue weighted by atomic mass is 16.5. The van der Waals surface area contributed by atoms with Gasteiger partial charge in [-0.3, -0.25) is 9.59 Å². The molecule has 1 aliphatic rings. The number of hydrogen-bond acceptors (Lipinski definition) is 3. The molecule has 0 aliphatic heterocycles. The lowest BCUT2D eigenvalue weighted by Gasteiger charge is -2.32. The Balaban J connectivity index is 2.06. The Hall–Kier alpha value is -1.10. The average molecular weight is 215 g/mol. The number of hydrogen-bond donors (Lipinski definition) is 2. The van der Waals surface area contributed by atoms with E-state index in [0.29, 0.717) is 32.5 Å². The molecule has 1 rings (SSSR count). The van der Waals surface area contributed by atoms with Gasteiger partial charge >= 0.3 is 5.97 Å². The fourth-order valence-corrected chi connectivity index (χ4v) is 1.55. The number of rotatable bonds is 6. The van der Waals surface area contributed by atoms with E-state index in [4.69, 9.17) is 9.84 Å². The summed E-state index contributed by atoms with van der Waals surface area (Å²) in [6.07, 6.45) is 1.45. The molecule has 1 amide bonds. The van der Waals surface area contributed by atoms with Gasteiger partial charge < -0.3 is 15.2 Å². The van der Waals surface area contributed by atoms with Crippen molar-refractivity contribution in [3.8, 4) is 0 Å². The van der Waals surface area contributed by atoms with E-state index in [-0.39, 0.29) is 17.9 Å². The van der Waals surface area contributed by atoms with Gasteiger partial charge in [0, 0.05) is 19.1 Å². The molecule has 0 saturated heterocycles. The Morgan fingerprint density at radius 3 is 2.67 bits per heavy atom. The fourth-order valence-electron chi connectivity index (χ4n) is 1.55. The standard InChI is InChI=1S/C10H17NO4/c1-2-15-4-3-9(12)11-8-5-7(6-8)10(13)14/h7-8H,2-6H2,1H3,(H,11,12)(H,13,14). The van der Waals surface area contributed by atoms with Crippen LogP contribution in [0.1, 0.15) is 26.2 Å². The number of amides is 1. The van der Waals surface area contributed by atoms with E-state index in [9.17, 15) is 9.59 Å². The van der Waals surface area contributed by atoms with E-state index in [0.717, 1.165) is 0 Å². The van der Waals surface area contributed by atoms with E-state index in [1.165, 1.54) is 0 Å². The first-order valence-electron chi connectivity index (χ1n) is 5.23. The van der Waals surface area contributed by atoms with Crippen molar-refractivity contribution < 1.29 is 19.4 Å². The van der Waals surface area contributed by atoms with Gasteiger partial charge in [0.15, 0.2) is 0 Å². The van der Waals surface area contributed by atoms with Crippen molar-refractivity contribution in [1.82, 2.24) is 5.32 Å². The SMILES string of the molecule is CCOCCC(=O)NC1CC(C(=O)O)C1. The Labute approximate surface area is 88.8 Å². The van der Waals surface area contributed by atoms with Crippen molar-refractivity contribution in [2.24, 2.45) is 5.92 Å². The van der Waals surface area contributed by atoms with Crippen LogP contribution < -0.4 is 5.32 Å². The summed E-state index contributed by atoms with van der Waals surface area (Å²) in [5, 5.41) is 11.4. The highest BCUT2D eigenvalue weighted by Crippen LogP contribution is 2.27. The Bertz CT molecular complexity index is 236. The van der Waals surface area contributed by atoms with Crippen molar-refractivity contribution in [1.29, 1.82) is 0 Å². The van der Waals surface area contributed by atoms with Gasteiger partial charge in [0.1, 0.15) is 0 Å². The van der Waals surface area contributed by atoms with Crippen molar-refractivity contribution in [2.75, 3.05) is 13.2 Å². The predicted octanol–water partition coefficient (Wildman–Crippen LogP) is 0.392. The fraction of sp³-hybridized carbons (Fsp3) is 0.800. The molecular weight excluding hydrogens is 198 g/mol. The van der Waals surface area contributed by atoms with Gasteiger partial charge in [-0.15, -0.1) is 0 Å². The summed E-state index contributed by atoms with van der Waals surface area (Å²) in [4.78, 5) is 21.8. The summed E-state index contributed by atoms with van der Waals surface area (Å²) in [6, 6.07) is 0.0419. The summed E-state index contributed by atoms with van der Waals surface area (Å²) in [5.41, 5.74) is 0. The molecule has 86 valence electrons. The summed E-state index contributed by atoms with van der Waals surface area (Å²) < 4.78 is 5.04. The molecular formula is C10H17NO4. The lowest BCUT2D eigenvalue weighted by molar-refractivity contribution is -0.146. The number of carbonyl (C=O) groups is 2. The summed E-state index contributed by atoms with van der Waals surface area (Å²) in [7, 11) is 0. The van der Waals surface area contributed by atoms with Gasteiger partial charge in [-0.2, -0.15) is 0 Å². The maximum Gasteiger partial charge on any atom is 0.306 e. The van der Waals surface area contributed by atoms with E-state index in [1.54, 1.807) is 0 Å². The Kier molecular flexibility index (Phi) is 4.55. The molecule has 0 bridgehead atoms. The van der Waals surface area contributed by atoms with Crippen LogP contribution in [0, 0.1) is 5.92 Å². The van der Waals surface area contributed by atoms with Gasteiger partial charge in [-0.05, 0) is 19.8 Å². The number of nitrogens with one attached hydrogen (secondary N) is 1. The van der Waals surface area contributed by atoms with Crippen LogP contribution in [0.2, 0.25) is 0 Å². The maximum absolute atomic E-state index is 11.3. The minimum Gasteiger partial charge on any atom is -0.481 e. The topological polar surface area (TPSA) is 75.6 Å². The van der Waals surface area contributed by atoms with Crippen LogP contribution in [-0.2, 0) is 14.3 Å². The molecule has 15 heavy (non-hydrogen) atoms. The molecule has 5 nitrogen and oxygen atoms in total. The Morgan fingerprint density at radius 1 is 1.47 bits per heavy atom. The zero-order valence-electron chi connectivity index (χ0n) is 8.86. The minimum absolute atomic E-state index is 0.0419. The predicted molar refractivity (Wildman–Crippen MR) is 53.4 cm³/mol. The third-order valence-corrected chi connectivity index (χ3v) is 2.53. The number of carboxylic acid groups (broad SMARTS) is 1. The van der Waals surface area contributed by atoms with Crippen LogP contribution in [-0.4, -0.2) is 36.2 Å². The second-order valence-corrected chi connectivity index (χ2v) is 3.72. The van der Waals surface area contributed by atoms with Gasteiger partial charge in [0.05, 0.1) is 12.5 Å². The third-order valence-electron chi connectivity index (χ3n) is 2.53. The van der Waals surface area contributed by atoms with Crippen LogP contribution in [0.5, 0.6) is 0 Å². The molecule has 1 saturated carbocycles. The van der Waals surface area contributed by atoms with Crippen LogP contribution in [0.15, 0.2) is 0 Å². The third kappa shape index (κ3) is 3.87. The molecule has 1 fully saturated rings. The largest absolute Gasteiger partial charge is 0.481 e. The molecule has 0 unspecified atom stereocenters. The van der Waals surface area contributed by atoms with Crippen molar-refractivity contribution in [3.05, 3.63) is 0 Å².